The Labute approximate surface area is 190 Å². The number of aryl methyl sites for hydroxylation is 3. The molecule has 0 atom stereocenters. The van der Waals surface area contributed by atoms with E-state index in [4.69, 9.17) is 14.8 Å². The van der Waals surface area contributed by atoms with E-state index in [1.54, 1.807) is 0 Å². The van der Waals surface area contributed by atoms with Crippen LogP contribution in [0.4, 0.5) is 9.93 Å². The molecule has 0 unspecified atom stereocenters. The van der Waals surface area contributed by atoms with Crippen molar-refractivity contribution in [3.05, 3.63) is 65.1 Å². The Morgan fingerprint density at radius 3 is 2.75 bits per heavy atom. The second kappa shape index (κ2) is 8.20. The largest absolute Gasteiger partial charge is 0.453 e. The molecule has 1 aliphatic carbocycles. The maximum Gasteiger partial charge on any atom is 0.413 e. The summed E-state index contributed by atoms with van der Waals surface area (Å²) in [6, 6.07) is 12.3. The third kappa shape index (κ3) is 3.56. The summed E-state index contributed by atoms with van der Waals surface area (Å²) >= 11 is 1.46. The van der Waals surface area contributed by atoms with Crippen LogP contribution in [0.2, 0.25) is 0 Å². The fraction of sp³-hybridized carbons (Fsp3) is 0.250. The molecule has 0 fully saturated rings. The molecule has 0 saturated heterocycles. The van der Waals surface area contributed by atoms with Gasteiger partial charge in [0, 0.05) is 23.0 Å². The molecule has 4 aromatic rings. The molecule has 0 saturated carbocycles. The summed E-state index contributed by atoms with van der Waals surface area (Å²) in [5, 5.41) is 8.35. The highest BCUT2D eigenvalue weighted by Gasteiger charge is 2.29. The second-order valence-electron chi connectivity index (χ2n) is 7.83. The van der Waals surface area contributed by atoms with Crippen LogP contribution in [0.1, 0.15) is 28.9 Å². The van der Waals surface area contributed by atoms with E-state index in [1.165, 1.54) is 24.0 Å². The minimum atomic E-state index is -0.520. The number of carbonyl (C=O) groups is 1. The number of methoxy groups -OCH3 is 1. The lowest BCUT2D eigenvalue weighted by Gasteiger charge is -2.10. The van der Waals surface area contributed by atoms with Crippen LogP contribution in [-0.2, 0) is 17.6 Å². The second-order valence-corrected chi connectivity index (χ2v) is 8.83. The summed E-state index contributed by atoms with van der Waals surface area (Å²) in [7, 11) is 1.35. The van der Waals surface area contributed by atoms with Gasteiger partial charge in [-0.05, 0) is 56.9 Å². The van der Waals surface area contributed by atoms with Crippen molar-refractivity contribution in [1.82, 2.24) is 19.7 Å². The fourth-order valence-corrected chi connectivity index (χ4v) is 5.12. The van der Waals surface area contributed by atoms with Gasteiger partial charge in [-0.2, -0.15) is 5.10 Å². The van der Waals surface area contributed by atoms with E-state index in [0.717, 1.165) is 63.7 Å². The molecular formula is C24H23N5O2S. The number of benzene rings is 1. The zero-order chi connectivity index (χ0) is 22.2. The van der Waals surface area contributed by atoms with Crippen LogP contribution in [0.15, 0.2) is 42.6 Å². The van der Waals surface area contributed by atoms with Crippen molar-refractivity contribution in [3.63, 3.8) is 0 Å². The van der Waals surface area contributed by atoms with Crippen LogP contribution >= 0.6 is 11.3 Å². The molecule has 32 heavy (non-hydrogen) atoms. The van der Waals surface area contributed by atoms with Crippen molar-refractivity contribution >= 4 is 22.6 Å². The van der Waals surface area contributed by atoms with Crippen molar-refractivity contribution < 1.29 is 9.53 Å². The van der Waals surface area contributed by atoms with Crippen LogP contribution in [-0.4, -0.2) is 33.0 Å². The van der Waals surface area contributed by atoms with E-state index in [0.29, 0.717) is 5.13 Å². The van der Waals surface area contributed by atoms with E-state index in [2.05, 4.69) is 35.4 Å². The van der Waals surface area contributed by atoms with Gasteiger partial charge in [-0.15, -0.1) is 0 Å². The van der Waals surface area contributed by atoms with Crippen LogP contribution in [0, 0.1) is 13.8 Å². The summed E-state index contributed by atoms with van der Waals surface area (Å²) in [5.74, 6) is 0. The number of amides is 1. The maximum atomic E-state index is 11.8. The van der Waals surface area contributed by atoms with Crippen molar-refractivity contribution in [1.29, 1.82) is 0 Å². The highest BCUT2D eigenvalue weighted by Crippen LogP contribution is 2.43. The van der Waals surface area contributed by atoms with Crippen LogP contribution < -0.4 is 5.32 Å². The molecule has 0 spiro atoms. The normalized spacial score (nSPS) is 12.6. The highest BCUT2D eigenvalue weighted by atomic mass is 32.1. The number of thiazole rings is 1. The number of ether oxygens (including phenoxy) is 1. The van der Waals surface area contributed by atoms with Gasteiger partial charge in [0.1, 0.15) is 0 Å². The van der Waals surface area contributed by atoms with Crippen LogP contribution in [0.3, 0.4) is 0 Å². The monoisotopic (exact) mass is 445 g/mol. The number of hydrogen-bond acceptors (Lipinski definition) is 6. The van der Waals surface area contributed by atoms with Crippen LogP contribution in [0.5, 0.6) is 0 Å². The molecule has 0 bridgehead atoms. The minimum Gasteiger partial charge on any atom is -0.453 e. The summed E-state index contributed by atoms with van der Waals surface area (Å²) in [4.78, 5) is 22.0. The minimum absolute atomic E-state index is 0.520. The molecule has 1 aliphatic rings. The molecule has 162 valence electrons. The Kier molecular flexibility index (Phi) is 5.22. The Hall–Kier alpha value is -3.52. The first-order valence-electron chi connectivity index (χ1n) is 10.5. The Morgan fingerprint density at radius 2 is 2.00 bits per heavy atom. The van der Waals surface area contributed by atoms with Gasteiger partial charge in [-0.3, -0.25) is 10.3 Å². The molecule has 1 aromatic carbocycles. The van der Waals surface area contributed by atoms with E-state index in [1.807, 2.05) is 36.0 Å². The number of rotatable bonds is 3. The van der Waals surface area contributed by atoms with Crippen molar-refractivity contribution in [2.75, 3.05) is 12.4 Å². The fourth-order valence-electron chi connectivity index (χ4n) is 4.07. The number of fused-ring (bicyclic) bond motifs is 3. The van der Waals surface area contributed by atoms with Gasteiger partial charge in [-0.1, -0.05) is 29.5 Å². The van der Waals surface area contributed by atoms with E-state index in [-0.39, 0.29) is 0 Å². The number of carbonyl (C=O) groups excluding carboxylic acids is 1. The van der Waals surface area contributed by atoms with Gasteiger partial charge >= 0.3 is 6.09 Å². The summed E-state index contributed by atoms with van der Waals surface area (Å²) in [6.45, 7) is 4.07. The number of aromatic nitrogens is 4. The van der Waals surface area contributed by atoms with Gasteiger partial charge in [-0.25, -0.2) is 14.5 Å². The zero-order valence-electron chi connectivity index (χ0n) is 18.2. The highest BCUT2D eigenvalue weighted by molar-refractivity contribution is 7.19. The quantitative estimate of drug-likeness (QED) is 0.460. The lowest BCUT2D eigenvalue weighted by Crippen LogP contribution is -2.10. The molecule has 0 aliphatic heterocycles. The summed E-state index contributed by atoms with van der Waals surface area (Å²) in [5.41, 5.74) is 8.28. The van der Waals surface area contributed by atoms with Crippen molar-refractivity contribution in [2.24, 2.45) is 0 Å². The number of hydrogen-bond donors (Lipinski definition) is 1. The van der Waals surface area contributed by atoms with E-state index in [9.17, 15) is 4.79 Å². The average molecular weight is 446 g/mol. The molecule has 8 heteroatoms. The number of anilines is 1. The number of nitrogens with zero attached hydrogens (tertiary/aromatic N) is 4. The smallest absolute Gasteiger partial charge is 0.413 e. The number of para-hydroxylation sites is 1. The topological polar surface area (TPSA) is 81.9 Å². The van der Waals surface area contributed by atoms with Gasteiger partial charge in [0.25, 0.3) is 0 Å². The standard InChI is InChI=1S/C24H23N5O2S/c1-14-7-4-5-10-19(14)29-21-17(20(28-29)16-12-11-15(2)25-13-16)8-6-9-18-22(21)32-23(26-18)27-24(30)31-3/h4-5,7,10-13H,6,8-9H2,1-3H3,(H,26,27,30). The van der Waals surface area contributed by atoms with Gasteiger partial charge in [0.2, 0.25) is 0 Å². The first-order chi connectivity index (χ1) is 15.5. The van der Waals surface area contributed by atoms with Gasteiger partial charge in [0.05, 0.1) is 34.8 Å². The SMILES string of the molecule is COC(=O)Nc1nc2c(s1)-c1c(c(-c3ccc(C)nc3)nn1-c1ccccc1C)CCC2. The third-order valence-corrected chi connectivity index (χ3v) is 6.68. The molecule has 0 radical (unpaired) electrons. The molecular weight excluding hydrogens is 422 g/mol. The number of nitrogens with one attached hydrogen (secondary N) is 1. The third-order valence-electron chi connectivity index (χ3n) is 5.66. The molecule has 3 heterocycles. The predicted octanol–water partition coefficient (Wildman–Crippen LogP) is 5.34. The first kappa shape index (κ1) is 20.4. The molecule has 5 rings (SSSR count). The van der Waals surface area contributed by atoms with Crippen LogP contribution in [0.25, 0.3) is 27.5 Å². The molecule has 1 amide bonds. The Morgan fingerprint density at radius 1 is 1.16 bits per heavy atom. The maximum absolute atomic E-state index is 11.8. The number of pyridine rings is 1. The summed E-state index contributed by atoms with van der Waals surface area (Å²) in [6.07, 6.45) is 4.05. The predicted molar refractivity (Wildman–Crippen MR) is 125 cm³/mol. The Bertz CT molecular complexity index is 1310. The molecule has 7 nitrogen and oxygen atoms in total. The summed E-state index contributed by atoms with van der Waals surface area (Å²) < 4.78 is 6.78. The van der Waals surface area contributed by atoms with E-state index < -0.39 is 6.09 Å². The average Bonchev–Trinajstić information content (AvgIpc) is 3.31. The zero-order valence-corrected chi connectivity index (χ0v) is 19.0. The van der Waals surface area contributed by atoms with E-state index >= 15 is 0 Å². The van der Waals surface area contributed by atoms with Gasteiger partial charge < -0.3 is 4.74 Å². The van der Waals surface area contributed by atoms with Gasteiger partial charge in [0.15, 0.2) is 5.13 Å². The lowest BCUT2D eigenvalue weighted by molar-refractivity contribution is 0.187. The first-order valence-corrected chi connectivity index (χ1v) is 11.3. The molecule has 1 N–H and O–H groups in total. The molecule has 3 aromatic heterocycles. The Balaban J connectivity index is 1.75. The van der Waals surface area contributed by atoms with Crippen molar-refractivity contribution in [3.8, 4) is 27.5 Å². The van der Waals surface area contributed by atoms with Crippen molar-refractivity contribution in [2.45, 2.75) is 33.1 Å². The lowest BCUT2D eigenvalue weighted by atomic mass is 10.0.